The first kappa shape index (κ1) is 21.0. The van der Waals surface area contributed by atoms with Crippen molar-refractivity contribution in [1.82, 2.24) is 10.2 Å². The Morgan fingerprint density at radius 3 is 2.74 bits per heavy atom. The predicted molar refractivity (Wildman–Crippen MR) is 104 cm³/mol. The highest BCUT2D eigenvalue weighted by Crippen LogP contribution is 2.28. The number of nitrogens with one attached hydrogen (secondary N) is 1. The zero-order chi connectivity index (χ0) is 19.8. The Bertz CT molecular complexity index is 724. The summed E-state index contributed by atoms with van der Waals surface area (Å²) < 4.78 is 16.1. The van der Waals surface area contributed by atoms with Gasteiger partial charge in [0.15, 0.2) is 18.1 Å². The van der Waals surface area contributed by atoms with Gasteiger partial charge in [-0.25, -0.2) is 4.79 Å². The summed E-state index contributed by atoms with van der Waals surface area (Å²) in [7, 11) is 1.50. The summed E-state index contributed by atoms with van der Waals surface area (Å²) in [5, 5.41) is 2.58. The van der Waals surface area contributed by atoms with E-state index >= 15 is 0 Å². The van der Waals surface area contributed by atoms with E-state index in [0.717, 1.165) is 0 Å². The predicted octanol–water partition coefficient (Wildman–Crippen LogP) is 1.23. The van der Waals surface area contributed by atoms with E-state index < -0.39 is 18.5 Å². The molecule has 1 saturated heterocycles. The number of ether oxygens (including phenoxy) is 3. The fourth-order valence-corrected chi connectivity index (χ4v) is 3.36. The third-order valence-electron chi connectivity index (χ3n) is 3.53. The minimum atomic E-state index is -0.652. The first-order valence-corrected chi connectivity index (χ1v) is 9.57. The van der Waals surface area contributed by atoms with Crippen LogP contribution in [0.4, 0.5) is 0 Å². The monoisotopic (exact) mass is 412 g/mol. The lowest BCUT2D eigenvalue weighted by Gasteiger charge is -2.15. The number of hydrogen-bond acceptors (Lipinski definition) is 8. The topological polar surface area (TPSA) is 94.2 Å². The molecule has 0 unspecified atom stereocenters. The summed E-state index contributed by atoms with van der Waals surface area (Å²) in [6, 6.07) is 4.62. The Balaban J connectivity index is 1.79. The molecule has 1 aliphatic rings. The van der Waals surface area contributed by atoms with Crippen molar-refractivity contribution in [2.75, 3.05) is 39.2 Å². The van der Waals surface area contributed by atoms with E-state index in [1.807, 2.05) is 6.92 Å². The van der Waals surface area contributed by atoms with Crippen molar-refractivity contribution in [2.45, 2.75) is 6.92 Å². The van der Waals surface area contributed by atoms with Gasteiger partial charge in [-0.1, -0.05) is 24.0 Å². The number of thiocarbonyl (C=S) groups is 1. The molecule has 0 aromatic heterocycles. The lowest BCUT2D eigenvalue weighted by atomic mass is 10.2. The van der Waals surface area contributed by atoms with Crippen LogP contribution in [0, 0.1) is 0 Å². The van der Waals surface area contributed by atoms with Crippen molar-refractivity contribution in [2.24, 2.45) is 0 Å². The molecule has 2 amide bonds. The van der Waals surface area contributed by atoms with E-state index in [9.17, 15) is 14.4 Å². The van der Waals surface area contributed by atoms with Gasteiger partial charge in [0.25, 0.3) is 5.91 Å². The van der Waals surface area contributed by atoms with Crippen LogP contribution in [0.2, 0.25) is 0 Å². The van der Waals surface area contributed by atoms with Crippen LogP contribution in [0.25, 0.3) is 0 Å². The molecular formula is C17H20N2O6S2. The van der Waals surface area contributed by atoms with Gasteiger partial charge in [0, 0.05) is 13.1 Å². The van der Waals surface area contributed by atoms with E-state index in [2.05, 4.69) is 5.32 Å². The molecule has 0 spiro atoms. The number of carbonyl (C=O) groups excluding carboxylic acids is 3. The maximum absolute atomic E-state index is 12.1. The smallest absolute Gasteiger partial charge is 0.338 e. The number of amides is 2. The minimum absolute atomic E-state index is 0.0738. The van der Waals surface area contributed by atoms with Crippen molar-refractivity contribution in [3.8, 4) is 11.5 Å². The van der Waals surface area contributed by atoms with Crippen LogP contribution in [0.3, 0.4) is 0 Å². The van der Waals surface area contributed by atoms with Crippen LogP contribution in [0.15, 0.2) is 18.2 Å². The second-order valence-electron chi connectivity index (χ2n) is 5.32. The van der Waals surface area contributed by atoms with Crippen molar-refractivity contribution < 1.29 is 28.6 Å². The number of esters is 1. The normalized spacial score (nSPS) is 13.5. The average molecular weight is 412 g/mol. The minimum Gasteiger partial charge on any atom is -0.493 e. The van der Waals surface area contributed by atoms with Crippen LogP contribution in [0.5, 0.6) is 11.5 Å². The SMILES string of the molecule is CCOc1cc(C(=O)OCC(=O)NCCN2C(=O)CSC2=S)ccc1OC. The summed E-state index contributed by atoms with van der Waals surface area (Å²) >= 11 is 6.35. The Kier molecular flexibility index (Phi) is 7.86. The average Bonchev–Trinajstić information content (AvgIpc) is 2.98. The molecule has 10 heteroatoms. The molecule has 146 valence electrons. The van der Waals surface area contributed by atoms with Crippen LogP contribution in [-0.4, -0.2) is 66.2 Å². The van der Waals surface area contributed by atoms with E-state index in [1.54, 1.807) is 6.07 Å². The first-order valence-electron chi connectivity index (χ1n) is 8.18. The van der Waals surface area contributed by atoms with Crippen LogP contribution in [0.1, 0.15) is 17.3 Å². The maximum atomic E-state index is 12.1. The van der Waals surface area contributed by atoms with Crippen LogP contribution >= 0.6 is 24.0 Å². The van der Waals surface area contributed by atoms with Gasteiger partial charge in [0.05, 0.1) is 25.0 Å². The molecule has 0 radical (unpaired) electrons. The highest BCUT2D eigenvalue weighted by atomic mass is 32.2. The number of methoxy groups -OCH3 is 1. The van der Waals surface area contributed by atoms with Crippen LogP contribution in [-0.2, 0) is 14.3 Å². The van der Waals surface area contributed by atoms with E-state index in [4.69, 9.17) is 26.4 Å². The summed E-state index contributed by atoms with van der Waals surface area (Å²) in [5.41, 5.74) is 0.247. The number of hydrogen-bond donors (Lipinski definition) is 1. The number of nitrogens with zero attached hydrogens (tertiary/aromatic N) is 1. The van der Waals surface area contributed by atoms with Gasteiger partial charge in [-0.05, 0) is 25.1 Å². The third-order valence-corrected chi connectivity index (χ3v) is 4.96. The molecule has 1 N–H and O–H groups in total. The zero-order valence-electron chi connectivity index (χ0n) is 15.0. The Morgan fingerprint density at radius 1 is 1.33 bits per heavy atom. The van der Waals surface area contributed by atoms with E-state index in [1.165, 1.54) is 35.9 Å². The van der Waals surface area contributed by atoms with Crippen molar-refractivity contribution in [1.29, 1.82) is 0 Å². The molecule has 1 aromatic rings. The Morgan fingerprint density at radius 2 is 2.11 bits per heavy atom. The van der Waals surface area contributed by atoms with Gasteiger partial charge in [-0.15, -0.1) is 0 Å². The molecular weight excluding hydrogens is 392 g/mol. The second-order valence-corrected chi connectivity index (χ2v) is 6.93. The fraction of sp³-hybridized carbons (Fsp3) is 0.412. The van der Waals surface area contributed by atoms with Gasteiger partial charge in [0.1, 0.15) is 4.32 Å². The lowest BCUT2D eigenvalue weighted by Crippen LogP contribution is -2.38. The first-order chi connectivity index (χ1) is 13.0. The number of carbonyl (C=O) groups is 3. The molecule has 0 aliphatic carbocycles. The number of thioether (sulfide) groups is 1. The molecule has 27 heavy (non-hydrogen) atoms. The molecule has 1 fully saturated rings. The largest absolute Gasteiger partial charge is 0.493 e. The molecule has 0 atom stereocenters. The molecule has 0 saturated carbocycles. The fourth-order valence-electron chi connectivity index (χ4n) is 2.24. The highest BCUT2D eigenvalue weighted by molar-refractivity contribution is 8.23. The quantitative estimate of drug-likeness (QED) is 0.478. The van der Waals surface area contributed by atoms with Gasteiger partial charge in [0.2, 0.25) is 5.91 Å². The molecule has 0 bridgehead atoms. The third kappa shape index (κ3) is 5.83. The zero-order valence-corrected chi connectivity index (χ0v) is 16.6. The summed E-state index contributed by atoms with van der Waals surface area (Å²) in [6.45, 7) is 2.32. The van der Waals surface area contributed by atoms with Gasteiger partial charge in [-0.3, -0.25) is 14.5 Å². The van der Waals surface area contributed by atoms with Crippen molar-refractivity contribution in [3.05, 3.63) is 23.8 Å². The maximum Gasteiger partial charge on any atom is 0.338 e. The van der Waals surface area contributed by atoms with Gasteiger partial charge >= 0.3 is 5.97 Å². The highest BCUT2D eigenvalue weighted by Gasteiger charge is 2.26. The summed E-state index contributed by atoms with van der Waals surface area (Å²) in [6.07, 6.45) is 0. The molecule has 2 rings (SSSR count). The van der Waals surface area contributed by atoms with Gasteiger partial charge < -0.3 is 19.5 Å². The number of rotatable bonds is 9. The van der Waals surface area contributed by atoms with Crippen molar-refractivity contribution >= 4 is 46.1 Å². The molecule has 1 aromatic carbocycles. The standard InChI is InChI=1S/C17H20N2O6S2/c1-3-24-13-8-11(4-5-12(13)23-2)16(22)25-9-14(20)18-6-7-19-15(21)10-27-17(19)26/h4-5,8H,3,6-7,9-10H2,1-2H3,(H,18,20). The van der Waals surface area contributed by atoms with Crippen molar-refractivity contribution in [3.63, 3.8) is 0 Å². The van der Waals surface area contributed by atoms with E-state index in [-0.39, 0.29) is 18.0 Å². The second kappa shape index (κ2) is 10.1. The molecule has 1 aliphatic heterocycles. The van der Waals surface area contributed by atoms with Gasteiger partial charge in [-0.2, -0.15) is 0 Å². The van der Waals surface area contributed by atoms with E-state index in [0.29, 0.717) is 34.7 Å². The Hall–Kier alpha value is -2.33. The summed E-state index contributed by atoms with van der Waals surface area (Å²) in [5.74, 6) is 0.0563. The number of benzene rings is 1. The molecule has 1 heterocycles. The Labute approximate surface area is 166 Å². The lowest BCUT2D eigenvalue weighted by molar-refractivity contribution is -0.126. The van der Waals surface area contributed by atoms with Crippen LogP contribution < -0.4 is 14.8 Å². The molecule has 8 nitrogen and oxygen atoms in total. The summed E-state index contributed by atoms with van der Waals surface area (Å²) in [4.78, 5) is 36.9.